The van der Waals surface area contributed by atoms with Gasteiger partial charge in [-0.05, 0) is 17.9 Å². The van der Waals surface area contributed by atoms with Crippen molar-refractivity contribution in [3.63, 3.8) is 0 Å². The molecule has 0 unspecified atom stereocenters. The summed E-state index contributed by atoms with van der Waals surface area (Å²) in [5, 5.41) is 9.15. The van der Waals surface area contributed by atoms with Gasteiger partial charge in [-0.3, -0.25) is 9.79 Å². The van der Waals surface area contributed by atoms with E-state index in [0.717, 1.165) is 24.4 Å². The molecule has 0 heterocycles. The van der Waals surface area contributed by atoms with E-state index in [1.165, 1.54) is 12.8 Å². The third kappa shape index (κ3) is 9.55. The van der Waals surface area contributed by atoms with Gasteiger partial charge in [0.05, 0.1) is 6.54 Å². The number of hydrogen-bond donors (Lipinski definition) is 3. The number of carbonyl (C=O) groups excluding carboxylic acids is 1. The van der Waals surface area contributed by atoms with Crippen LogP contribution in [-0.2, 0) is 11.3 Å². The third-order valence-corrected chi connectivity index (χ3v) is 3.47. The summed E-state index contributed by atoms with van der Waals surface area (Å²) in [7, 11) is 1.71. The molecule has 5 nitrogen and oxygen atoms in total. The van der Waals surface area contributed by atoms with Crippen LogP contribution >= 0.6 is 0 Å². The maximum absolute atomic E-state index is 11.8. The van der Waals surface area contributed by atoms with Crippen LogP contribution in [0.3, 0.4) is 0 Å². The molecule has 1 amide bonds. The summed E-state index contributed by atoms with van der Waals surface area (Å²) in [4.78, 5) is 16.0. The molecule has 1 rings (SSSR count). The standard InChI is InChI=1S/C18H30N4O/c1-15(2)9-7-8-12-20-18(19-3)22-14-17(23)21-13-16-10-5-4-6-11-16/h4-6,10-11,15H,7-9,12-14H2,1-3H3,(H,21,23)(H2,19,20,22). The molecule has 3 N–H and O–H groups in total. The van der Waals surface area contributed by atoms with Crippen molar-refractivity contribution in [3.05, 3.63) is 35.9 Å². The largest absolute Gasteiger partial charge is 0.356 e. The van der Waals surface area contributed by atoms with Crippen LogP contribution in [0.2, 0.25) is 0 Å². The molecule has 0 aromatic heterocycles. The van der Waals surface area contributed by atoms with Crippen molar-refractivity contribution in [2.75, 3.05) is 20.1 Å². The SMILES string of the molecule is CN=C(NCCCCC(C)C)NCC(=O)NCc1ccccc1. The van der Waals surface area contributed by atoms with Gasteiger partial charge in [0.2, 0.25) is 5.91 Å². The highest BCUT2D eigenvalue weighted by Gasteiger charge is 2.03. The molecule has 0 saturated heterocycles. The molecule has 0 saturated carbocycles. The van der Waals surface area contributed by atoms with E-state index in [1.807, 2.05) is 30.3 Å². The molecule has 0 radical (unpaired) electrons. The van der Waals surface area contributed by atoms with Crippen LogP contribution in [0.15, 0.2) is 35.3 Å². The highest BCUT2D eigenvalue weighted by atomic mass is 16.1. The fourth-order valence-electron chi connectivity index (χ4n) is 2.13. The second-order valence-corrected chi connectivity index (χ2v) is 6.00. The number of benzene rings is 1. The van der Waals surface area contributed by atoms with Crippen molar-refractivity contribution in [2.24, 2.45) is 10.9 Å². The molecule has 23 heavy (non-hydrogen) atoms. The maximum Gasteiger partial charge on any atom is 0.239 e. The molecule has 5 heteroatoms. The van der Waals surface area contributed by atoms with Gasteiger partial charge >= 0.3 is 0 Å². The molecular formula is C18H30N4O. The Bertz CT molecular complexity index is 471. The van der Waals surface area contributed by atoms with Gasteiger partial charge in [-0.15, -0.1) is 0 Å². The number of nitrogens with zero attached hydrogens (tertiary/aromatic N) is 1. The van der Waals surface area contributed by atoms with Crippen molar-refractivity contribution in [3.8, 4) is 0 Å². The number of aliphatic imine (C=N–C) groups is 1. The number of hydrogen-bond acceptors (Lipinski definition) is 2. The average molecular weight is 318 g/mol. The Balaban J connectivity index is 2.14. The topological polar surface area (TPSA) is 65.5 Å². The van der Waals surface area contributed by atoms with Gasteiger partial charge in [-0.1, -0.05) is 57.0 Å². The Morgan fingerprint density at radius 1 is 1.09 bits per heavy atom. The van der Waals surface area contributed by atoms with E-state index in [9.17, 15) is 4.79 Å². The molecule has 0 bridgehead atoms. The lowest BCUT2D eigenvalue weighted by molar-refractivity contribution is -0.120. The van der Waals surface area contributed by atoms with Crippen molar-refractivity contribution < 1.29 is 4.79 Å². The quantitative estimate of drug-likeness (QED) is 0.372. The molecule has 0 fully saturated rings. The van der Waals surface area contributed by atoms with Crippen LogP contribution in [0.5, 0.6) is 0 Å². The number of guanidine groups is 1. The van der Waals surface area contributed by atoms with Crippen molar-refractivity contribution >= 4 is 11.9 Å². The van der Waals surface area contributed by atoms with E-state index in [0.29, 0.717) is 12.5 Å². The smallest absolute Gasteiger partial charge is 0.239 e. The number of rotatable bonds is 9. The van der Waals surface area contributed by atoms with E-state index in [4.69, 9.17) is 0 Å². The van der Waals surface area contributed by atoms with Gasteiger partial charge in [-0.25, -0.2) is 0 Å². The second-order valence-electron chi connectivity index (χ2n) is 6.00. The highest BCUT2D eigenvalue weighted by Crippen LogP contribution is 2.04. The molecule has 0 atom stereocenters. The fourth-order valence-corrected chi connectivity index (χ4v) is 2.13. The molecule has 0 aliphatic carbocycles. The number of unbranched alkanes of at least 4 members (excludes halogenated alkanes) is 1. The molecular weight excluding hydrogens is 288 g/mol. The first-order valence-electron chi connectivity index (χ1n) is 8.37. The molecule has 1 aromatic rings. The van der Waals surface area contributed by atoms with E-state index in [2.05, 4.69) is 34.8 Å². The Morgan fingerprint density at radius 2 is 1.83 bits per heavy atom. The minimum absolute atomic E-state index is 0.0448. The minimum atomic E-state index is -0.0448. The zero-order valence-electron chi connectivity index (χ0n) is 14.6. The lowest BCUT2D eigenvalue weighted by Crippen LogP contribution is -2.43. The van der Waals surface area contributed by atoms with Gasteiger partial charge in [-0.2, -0.15) is 0 Å². The van der Waals surface area contributed by atoms with Crippen molar-refractivity contribution in [1.29, 1.82) is 0 Å². The lowest BCUT2D eigenvalue weighted by atomic mass is 10.1. The number of nitrogens with one attached hydrogen (secondary N) is 3. The van der Waals surface area contributed by atoms with Crippen LogP contribution in [0.25, 0.3) is 0 Å². The second kappa shape index (κ2) is 11.5. The predicted octanol–water partition coefficient (Wildman–Crippen LogP) is 2.29. The highest BCUT2D eigenvalue weighted by molar-refractivity contribution is 5.86. The molecule has 1 aromatic carbocycles. The molecule has 0 spiro atoms. The molecule has 0 aliphatic rings. The van der Waals surface area contributed by atoms with Gasteiger partial charge in [0.1, 0.15) is 0 Å². The lowest BCUT2D eigenvalue weighted by Gasteiger charge is -2.12. The first kappa shape index (κ1) is 19.0. The van der Waals surface area contributed by atoms with Crippen LogP contribution < -0.4 is 16.0 Å². The third-order valence-electron chi connectivity index (χ3n) is 3.47. The summed E-state index contributed by atoms with van der Waals surface area (Å²) >= 11 is 0. The van der Waals surface area contributed by atoms with E-state index < -0.39 is 0 Å². The average Bonchev–Trinajstić information content (AvgIpc) is 2.56. The van der Waals surface area contributed by atoms with Crippen LogP contribution in [0.1, 0.15) is 38.7 Å². The van der Waals surface area contributed by atoms with Crippen LogP contribution in [0, 0.1) is 5.92 Å². The van der Waals surface area contributed by atoms with Gasteiger partial charge in [0.25, 0.3) is 0 Å². The summed E-state index contributed by atoms with van der Waals surface area (Å²) in [5.41, 5.74) is 1.09. The predicted molar refractivity (Wildman–Crippen MR) is 96.3 cm³/mol. The van der Waals surface area contributed by atoms with E-state index >= 15 is 0 Å². The Labute approximate surface area is 140 Å². The van der Waals surface area contributed by atoms with Crippen molar-refractivity contribution in [1.82, 2.24) is 16.0 Å². The first-order valence-corrected chi connectivity index (χ1v) is 8.37. The summed E-state index contributed by atoms with van der Waals surface area (Å²) < 4.78 is 0. The summed E-state index contributed by atoms with van der Waals surface area (Å²) in [6.45, 7) is 6.11. The maximum atomic E-state index is 11.8. The Kier molecular flexibility index (Phi) is 9.52. The molecule has 0 aliphatic heterocycles. The summed E-state index contributed by atoms with van der Waals surface area (Å²) in [5.74, 6) is 1.38. The summed E-state index contributed by atoms with van der Waals surface area (Å²) in [6, 6.07) is 9.87. The Morgan fingerprint density at radius 3 is 2.48 bits per heavy atom. The van der Waals surface area contributed by atoms with Gasteiger partial charge < -0.3 is 16.0 Å². The van der Waals surface area contributed by atoms with E-state index in [1.54, 1.807) is 7.05 Å². The molecule has 128 valence electrons. The summed E-state index contributed by atoms with van der Waals surface area (Å²) in [6.07, 6.45) is 3.56. The fraction of sp³-hybridized carbons (Fsp3) is 0.556. The minimum Gasteiger partial charge on any atom is -0.356 e. The zero-order chi connectivity index (χ0) is 16.9. The number of carbonyl (C=O) groups is 1. The first-order chi connectivity index (χ1) is 11.1. The van der Waals surface area contributed by atoms with Crippen LogP contribution in [-0.4, -0.2) is 32.0 Å². The Hall–Kier alpha value is -2.04. The zero-order valence-corrected chi connectivity index (χ0v) is 14.6. The van der Waals surface area contributed by atoms with Crippen LogP contribution in [0.4, 0.5) is 0 Å². The van der Waals surface area contributed by atoms with Gasteiger partial charge in [0, 0.05) is 20.1 Å². The van der Waals surface area contributed by atoms with Gasteiger partial charge in [0.15, 0.2) is 5.96 Å². The monoisotopic (exact) mass is 318 g/mol. The normalized spacial score (nSPS) is 11.4. The number of amides is 1. The van der Waals surface area contributed by atoms with E-state index in [-0.39, 0.29) is 12.5 Å². The van der Waals surface area contributed by atoms with Crippen molar-refractivity contribution in [2.45, 2.75) is 39.7 Å².